The second-order valence-corrected chi connectivity index (χ2v) is 2.53. The third-order valence-electron chi connectivity index (χ3n) is 0.992. The standard InChI is InChI=1S/C7H13Br/c1-3-4-5-7(2)6-8/h5H,3-4,6H2,1-2H3. The number of alkyl halides is 1. The van der Waals surface area contributed by atoms with Crippen molar-refractivity contribution in [3.8, 4) is 0 Å². The first-order valence-electron chi connectivity index (χ1n) is 3.02. The van der Waals surface area contributed by atoms with Gasteiger partial charge in [0.25, 0.3) is 0 Å². The molecule has 0 saturated heterocycles. The van der Waals surface area contributed by atoms with Crippen LogP contribution >= 0.6 is 15.9 Å². The van der Waals surface area contributed by atoms with Gasteiger partial charge in [-0.1, -0.05) is 40.9 Å². The Labute approximate surface area is 60.1 Å². The summed E-state index contributed by atoms with van der Waals surface area (Å²) in [6, 6.07) is 0. The van der Waals surface area contributed by atoms with Crippen LogP contribution in [-0.4, -0.2) is 5.33 Å². The predicted molar refractivity (Wildman–Crippen MR) is 42.5 cm³/mol. The molecule has 0 atom stereocenters. The molecule has 0 aromatic heterocycles. The molecule has 0 unspecified atom stereocenters. The Hall–Kier alpha value is 0.220. The number of allylic oxidation sites excluding steroid dienone is 2. The summed E-state index contributed by atoms with van der Waals surface area (Å²) < 4.78 is 0. The van der Waals surface area contributed by atoms with E-state index in [9.17, 15) is 0 Å². The third kappa shape index (κ3) is 4.38. The summed E-state index contributed by atoms with van der Waals surface area (Å²) in [5.41, 5.74) is 1.44. The Balaban J connectivity index is 3.26. The molecular weight excluding hydrogens is 164 g/mol. The van der Waals surface area contributed by atoms with E-state index < -0.39 is 0 Å². The van der Waals surface area contributed by atoms with Gasteiger partial charge in [-0.3, -0.25) is 0 Å². The normalized spacial score (nSPS) is 12.1. The molecule has 0 bridgehead atoms. The van der Waals surface area contributed by atoms with E-state index in [1.54, 1.807) is 0 Å². The van der Waals surface area contributed by atoms with E-state index in [0.29, 0.717) is 0 Å². The molecule has 48 valence electrons. The Bertz CT molecular complexity index is 74.5. The molecule has 0 aliphatic rings. The van der Waals surface area contributed by atoms with Gasteiger partial charge in [0.05, 0.1) is 0 Å². The van der Waals surface area contributed by atoms with Crippen LogP contribution < -0.4 is 0 Å². The maximum absolute atomic E-state index is 3.38. The van der Waals surface area contributed by atoms with Gasteiger partial charge >= 0.3 is 0 Å². The van der Waals surface area contributed by atoms with Crippen molar-refractivity contribution in [2.75, 3.05) is 5.33 Å². The average molecular weight is 177 g/mol. The fraction of sp³-hybridized carbons (Fsp3) is 0.714. The summed E-state index contributed by atoms with van der Waals surface area (Å²) >= 11 is 3.38. The van der Waals surface area contributed by atoms with Crippen molar-refractivity contribution >= 4 is 15.9 Å². The van der Waals surface area contributed by atoms with E-state index in [0.717, 1.165) is 5.33 Å². The monoisotopic (exact) mass is 176 g/mol. The maximum atomic E-state index is 3.38. The van der Waals surface area contributed by atoms with E-state index in [1.807, 2.05) is 0 Å². The number of unbranched alkanes of at least 4 members (excludes halogenated alkanes) is 1. The minimum absolute atomic E-state index is 1.02. The van der Waals surface area contributed by atoms with Crippen LogP contribution in [0, 0.1) is 0 Å². The molecular formula is C7H13Br. The van der Waals surface area contributed by atoms with E-state index in [2.05, 4.69) is 35.9 Å². The first kappa shape index (κ1) is 8.22. The highest BCUT2D eigenvalue weighted by atomic mass is 79.9. The predicted octanol–water partition coefficient (Wildman–Crippen LogP) is 3.13. The van der Waals surface area contributed by atoms with E-state index >= 15 is 0 Å². The Morgan fingerprint density at radius 3 is 2.62 bits per heavy atom. The molecule has 0 saturated carbocycles. The van der Waals surface area contributed by atoms with Crippen LogP contribution in [0.4, 0.5) is 0 Å². The van der Waals surface area contributed by atoms with Crippen LogP contribution in [0.25, 0.3) is 0 Å². The van der Waals surface area contributed by atoms with Gasteiger partial charge in [-0.2, -0.15) is 0 Å². The summed E-state index contributed by atoms with van der Waals surface area (Å²) in [6.07, 6.45) is 4.75. The van der Waals surface area contributed by atoms with Gasteiger partial charge in [0, 0.05) is 5.33 Å². The number of hydrogen-bond donors (Lipinski definition) is 0. The molecule has 0 nitrogen and oxygen atoms in total. The fourth-order valence-electron chi connectivity index (χ4n) is 0.445. The highest BCUT2D eigenvalue weighted by molar-refractivity contribution is 9.09. The molecule has 0 fully saturated rings. The molecule has 0 N–H and O–H groups in total. The summed E-state index contributed by atoms with van der Waals surface area (Å²) in [5.74, 6) is 0. The Kier molecular flexibility index (Phi) is 5.51. The summed E-state index contributed by atoms with van der Waals surface area (Å²) in [5, 5.41) is 1.02. The number of hydrogen-bond acceptors (Lipinski definition) is 0. The Morgan fingerprint density at radius 2 is 2.25 bits per heavy atom. The van der Waals surface area contributed by atoms with Gasteiger partial charge in [0.2, 0.25) is 0 Å². The van der Waals surface area contributed by atoms with Crippen LogP contribution in [-0.2, 0) is 0 Å². The van der Waals surface area contributed by atoms with Crippen molar-refractivity contribution in [2.45, 2.75) is 26.7 Å². The molecule has 0 aliphatic heterocycles. The minimum Gasteiger partial charge on any atom is -0.0880 e. The fourth-order valence-corrected chi connectivity index (χ4v) is 0.674. The van der Waals surface area contributed by atoms with Crippen LogP contribution in [0.2, 0.25) is 0 Å². The van der Waals surface area contributed by atoms with Gasteiger partial charge in [-0.25, -0.2) is 0 Å². The molecule has 0 aliphatic carbocycles. The van der Waals surface area contributed by atoms with Crippen molar-refractivity contribution in [2.24, 2.45) is 0 Å². The van der Waals surface area contributed by atoms with Crippen molar-refractivity contribution < 1.29 is 0 Å². The van der Waals surface area contributed by atoms with Crippen LogP contribution in [0.3, 0.4) is 0 Å². The quantitative estimate of drug-likeness (QED) is 0.459. The number of rotatable bonds is 3. The Morgan fingerprint density at radius 1 is 1.62 bits per heavy atom. The minimum atomic E-state index is 1.02. The second-order valence-electron chi connectivity index (χ2n) is 1.97. The summed E-state index contributed by atoms with van der Waals surface area (Å²) in [6.45, 7) is 4.34. The van der Waals surface area contributed by atoms with Gasteiger partial charge in [-0.15, -0.1) is 0 Å². The zero-order chi connectivity index (χ0) is 6.41. The topological polar surface area (TPSA) is 0 Å². The molecule has 8 heavy (non-hydrogen) atoms. The van der Waals surface area contributed by atoms with Crippen molar-refractivity contribution in [3.63, 3.8) is 0 Å². The van der Waals surface area contributed by atoms with Gasteiger partial charge < -0.3 is 0 Å². The first-order chi connectivity index (χ1) is 3.81. The number of halogens is 1. The third-order valence-corrected chi connectivity index (χ3v) is 1.88. The second kappa shape index (κ2) is 5.36. The lowest BCUT2D eigenvalue weighted by atomic mass is 10.2. The lowest BCUT2D eigenvalue weighted by molar-refractivity contribution is 0.949. The molecule has 0 radical (unpaired) electrons. The molecule has 1 heteroatoms. The summed E-state index contributed by atoms with van der Waals surface area (Å²) in [7, 11) is 0. The van der Waals surface area contributed by atoms with Gasteiger partial charge in [0.15, 0.2) is 0 Å². The van der Waals surface area contributed by atoms with Crippen LogP contribution in [0.1, 0.15) is 26.7 Å². The molecule has 0 rings (SSSR count). The SMILES string of the molecule is CCCC=C(C)CBr. The van der Waals surface area contributed by atoms with E-state index in [-0.39, 0.29) is 0 Å². The highest BCUT2D eigenvalue weighted by Gasteiger charge is 1.80. The molecule has 0 spiro atoms. The zero-order valence-corrected chi connectivity index (χ0v) is 7.16. The van der Waals surface area contributed by atoms with Crippen molar-refractivity contribution in [1.29, 1.82) is 0 Å². The maximum Gasteiger partial charge on any atom is 0.0239 e. The summed E-state index contributed by atoms with van der Waals surface area (Å²) in [4.78, 5) is 0. The van der Waals surface area contributed by atoms with E-state index in [4.69, 9.17) is 0 Å². The average Bonchev–Trinajstić information content (AvgIpc) is 1.83. The molecule has 0 amide bonds. The molecule has 0 heterocycles. The zero-order valence-electron chi connectivity index (χ0n) is 5.58. The van der Waals surface area contributed by atoms with Gasteiger partial charge in [-0.05, 0) is 13.3 Å². The van der Waals surface area contributed by atoms with Gasteiger partial charge in [0.1, 0.15) is 0 Å². The van der Waals surface area contributed by atoms with Crippen LogP contribution in [0.5, 0.6) is 0 Å². The highest BCUT2D eigenvalue weighted by Crippen LogP contribution is 2.00. The van der Waals surface area contributed by atoms with E-state index in [1.165, 1.54) is 18.4 Å². The lowest BCUT2D eigenvalue weighted by Crippen LogP contribution is -1.74. The largest absolute Gasteiger partial charge is 0.0880 e. The van der Waals surface area contributed by atoms with Crippen molar-refractivity contribution in [1.82, 2.24) is 0 Å². The van der Waals surface area contributed by atoms with Crippen molar-refractivity contribution in [3.05, 3.63) is 11.6 Å². The smallest absolute Gasteiger partial charge is 0.0239 e. The van der Waals surface area contributed by atoms with Crippen LogP contribution in [0.15, 0.2) is 11.6 Å². The lowest BCUT2D eigenvalue weighted by Gasteiger charge is -1.90. The molecule has 0 aromatic carbocycles. The molecule has 0 aromatic rings. The first-order valence-corrected chi connectivity index (χ1v) is 4.15.